The lowest BCUT2D eigenvalue weighted by molar-refractivity contribution is -0.175. The second kappa shape index (κ2) is 13.9. The maximum Gasteiger partial charge on any atom is 0.308 e. The zero-order valence-electron chi connectivity index (χ0n) is 13.4. The molecule has 0 saturated carbocycles. The summed E-state index contributed by atoms with van der Waals surface area (Å²) < 4.78 is 10.5. The van der Waals surface area contributed by atoms with Crippen LogP contribution in [0.1, 0.15) is 78.1 Å². The molecule has 0 bridgehead atoms. The van der Waals surface area contributed by atoms with E-state index in [0.29, 0.717) is 13.0 Å². The van der Waals surface area contributed by atoms with Gasteiger partial charge in [0.05, 0.1) is 6.61 Å². The first-order valence-electron chi connectivity index (χ1n) is 8.09. The number of carbonyl (C=O) groups is 2. The number of esters is 1. The van der Waals surface area contributed by atoms with Crippen molar-refractivity contribution in [3.63, 3.8) is 0 Å². The van der Waals surface area contributed by atoms with Crippen LogP contribution in [0.15, 0.2) is 0 Å². The molecule has 5 heteroatoms. The normalized spacial score (nSPS) is 12.1. The smallest absolute Gasteiger partial charge is 0.308 e. The maximum atomic E-state index is 11.5. The lowest BCUT2D eigenvalue weighted by atomic mass is 10.1. The molecule has 1 N–H and O–H groups in total. The minimum atomic E-state index is -0.729. The Labute approximate surface area is 128 Å². The second-order valence-corrected chi connectivity index (χ2v) is 5.30. The molecule has 1 unspecified atom stereocenters. The fourth-order valence-corrected chi connectivity index (χ4v) is 1.92. The Morgan fingerprint density at radius 3 is 2.10 bits per heavy atom. The fraction of sp³-hybridized carbons (Fsp3) is 0.875. The summed E-state index contributed by atoms with van der Waals surface area (Å²) in [5.41, 5.74) is 0. The van der Waals surface area contributed by atoms with Gasteiger partial charge in [0.25, 0.3) is 0 Å². The molecule has 0 radical (unpaired) electrons. The number of rotatable bonds is 14. The van der Waals surface area contributed by atoms with E-state index < -0.39 is 12.3 Å². The maximum absolute atomic E-state index is 11.5. The van der Waals surface area contributed by atoms with E-state index in [1.54, 1.807) is 6.92 Å². The zero-order chi connectivity index (χ0) is 15.9. The van der Waals surface area contributed by atoms with Crippen molar-refractivity contribution in [1.29, 1.82) is 0 Å². The number of carboxylic acids is 1. The molecule has 0 aromatic rings. The number of hydrogen-bond donors (Lipinski definition) is 1. The fourth-order valence-electron chi connectivity index (χ4n) is 1.92. The minimum Gasteiger partial charge on any atom is -0.481 e. The monoisotopic (exact) mass is 302 g/mol. The number of ether oxygens (including phenoxy) is 2. The van der Waals surface area contributed by atoms with Crippen LogP contribution in [0, 0.1) is 0 Å². The molecular formula is C16H30O5. The molecule has 0 aliphatic heterocycles. The molecule has 0 rings (SSSR count). The molecule has 0 saturated heterocycles. The Morgan fingerprint density at radius 1 is 0.952 bits per heavy atom. The Kier molecular flexibility index (Phi) is 13.1. The van der Waals surface area contributed by atoms with E-state index in [1.165, 1.54) is 0 Å². The van der Waals surface area contributed by atoms with Gasteiger partial charge in [0.1, 0.15) is 0 Å². The number of unbranched alkanes of at least 4 members (excludes halogenated alkanes) is 6. The third-order valence-corrected chi connectivity index (χ3v) is 3.17. The summed E-state index contributed by atoms with van der Waals surface area (Å²) in [6.45, 7) is 4.46. The van der Waals surface area contributed by atoms with Gasteiger partial charge in [-0.05, 0) is 26.2 Å². The van der Waals surface area contributed by atoms with Gasteiger partial charge in [-0.1, -0.05) is 39.0 Å². The molecule has 0 aromatic carbocycles. The van der Waals surface area contributed by atoms with Crippen LogP contribution in [-0.4, -0.2) is 29.9 Å². The standard InChI is InChI=1S/C16H30O5/c1-3-4-13-20-14(2)21-16(19)12-10-8-6-5-7-9-11-15(17)18/h14H,3-13H2,1-2H3,(H,17,18). The molecule has 21 heavy (non-hydrogen) atoms. The van der Waals surface area contributed by atoms with Crippen LogP contribution in [0.3, 0.4) is 0 Å². The minimum absolute atomic E-state index is 0.204. The van der Waals surface area contributed by atoms with Crippen LogP contribution in [-0.2, 0) is 19.1 Å². The largest absolute Gasteiger partial charge is 0.481 e. The predicted octanol–water partition coefficient (Wildman–Crippen LogP) is 3.90. The number of hydrogen-bond acceptors (Lipinski definition) is 4. The third kappa shape index (κ3) is 15.1. The van der Waals surface area contributed by atoms with Crippen LogP contribution in [0.4, 0.5) is 0 Å². The van der Waals surface area contributed by atoms with Crippen molar-refractivity contribution in [2.75, 3.05) is 6.61 Å². The second-order valence-electron chi connectivity index (χ2n) is 5.30. The summed E-state index contributed by atoms with van der Waals surface area (Å²) in [6, 6.07) is 0. The number of aliphatic carboxylic acids is 1. The lowest BCUT2D eigenvalue weighted by Gasteiger charge is -2.13. The van der Waals surface area contributed by atoms with E-state index in [0.717, 1.165) is 51.4 Å². The molecule has 0 aliphatic rings. The van der Waals surface area contributed by atoms with Gasteiger partial charge in [-0.3, -0.25) is 9.59 Å². The number of carboxylic acid groups (broad SMARTS) is 1. The summed E-state index contributed by atoms with van der Waals surface area (Å²) in [7, 11) is 0. The first-order valence-corrected chi connectivity index (χ1v) is 8.09. The molecule has 0 amide bonds. The predicted molar refractivity (Wildman–Crippen MR) is 81.0 cm³/mol. The SMILES string of the molecule is CCCCOC(C)OC(=O)CCCCCCCCC(=O)O. The van der Waals surface area contributed by atoms with Gasteiger partial charge in [-0.2, -0.15) is 0 Å². The molecule has 5 nitrogen and oxygen atoms in total. The van der Waals surface area contributed by atoms with Crippen molar-refractivity contribution in [2.45, 2.75) is 84.3 Å². The van der Waals surface area contributed by atoms with Crippen LogP contribution < -0.4 is 0 Å². The summed E-state index contributed by atoms with van der Waals surface area (Å²) in [5.74, 6) is -0.933. The highest BCUT2D eigenvalue weighted by Gasteiger charge is 2.08. The van der Waals surface area contributed by atoms with Crippen LogP contribution >= 0.6 is 0 Å². The Hall–Kier alpha value is -1.10. The quantitative estimate of drug-likeness (QED) is 0.299. The van der Waals surface area contributed by atoms with Crippen molar-refractivity contribution in [3.05, 3.63) is 0 Å². The van der Waals surface area contributed by atoms with Gasteiger partial charge < -0.3 is 14.6 Å². The van der Waals surface area contributed by atoms with E-state index in [-0.39, 0.29) is 12.4 Å². The Bertz CT molecular complexity index is 278. The summed E-state index contributed by atoms with van der Waals surface area (Å²) in [6.07, 6.45) is 7.81. The molecule has 0 fully saturated rings. The molecule has 0 heterocycles. The Morgan fingerprint density at radius 2 is 1.52 bits per heavy atom. The first-order chi connectivity index (χ1) is 10.1. The van der Waals surface area contributed by atoms with Crippen molar-refractivity contribution < 1.29 is 24.2 Å². The highest BCUT2D eigenvalue weighted by Crippen LogP contribution is 2.09. The summed E-state index contributed by atoms with van der Waals surface area (Å²) in [4.78, 5) is 21.8. The first kappa shape index (κ1) is 19.9. The molecule has 1 atom stereocenters. The van der Waals surface area contributed by atoms with Gasteiger partial charge in [0.15, 0.2) is 6.29 Å². The van der Waals surface area contributed by atoms with E-state index in [9.17, 15) is 9.59 Å². The van der Waals surface area contributed by atoms with Crippen molar-refractivity contribution >= 4 is 11.9 Å². The van der Waals surface area contributed by atoms with E-state index in [1.807, 2.05) is 0 Å². The molecule has 0 aliphatic carbocycles. The van der Waals surface area contributed by atoms with E-state index in [4.69, 9.17) is 14.6 Å². The zero-order valence-corrected chi connectivity index (χ0v) is 13.4. The van der Waals surface area contributed by atoms with E-state index in [2.05, 4.69) is 6.92 Å². The van der Waals surface area contributed by atoms with Crippen LogP contribution in [0.2, 0.25) is 0 Å². The van der Waals surface area contributed by atoms with Crippen LogP contribution in [0.25, 0.3) is 0 Å². The van der Waals surface area contributed by atoms with Crippen molar-refractivity contribution in [1.82, 2.24) is 0 Å². The molecule has 124 valence electrons. The van der Waals surface area contributed by atoms with Gasteiger partial charge in [-0.15, -0.1) is 0 Å². The van der Waals surface area contributed by atoms with Gasteiger partial charge in [0.2, 0.25) is 0 Å². The van der Waals surface area contributed by atoms with Gasteiger partial charge in [-0.25, -0.2) is 0 Å². The highest BCUT2D eigenvalue weighted by molar-refractivity contribution is 5.69. The summed E-state index contributed by atoms with van der Waals surface area (Å²) >= 11 is 0. The van der Waals surface area contributed by atoms with Crippen molar-refractivity contribution in [3.8, 4) is 0 Å². The third-order valence-electron chi connectivity index (χ3n) is 3.17. The molecule has 0 spiro atoms. The average Bonchev–Trinajstić information content (AvgIpc) is 2.41. The number of carbonyl (C=O) groups excluding carboxylic acids is 1. The molecular weight excluding hydrogens is 272 g/mol. The topological polar surface area (TPSA) is 72.8 Å². The molecule has 0 aromatic heterocycles. The van der Waals surface area contributed by atoms with E-state index >= 15 is 0 Å². The summed E-state index contributed by atoms with van der Waals surface area (Å²) in [5, 5.41) is 8.49. The van der Waals surface area contributed by atoms with Gasteiger partial charge in [0, 0.05) is 12.8 Å². The van der Waals surface area contributed by atoms with Crippen molar-refractivity contribution in [2.24, 2.45) is 0 Å². The Balaban J connectivity index is 3.35. The van der Waals surface area contributed by atoms with Gasteiger partial charge >= 0.3 is 11.9 Å². The highest BCUT2D eigenvalue weighted by atomic mass is 16.7. The lowest BCUT2D eigenvalue weighted by Crippen LogP contribution is -2.18. The average molecular weight is 302 g/mol. The van der Waals surface area contributed by atoms with Crippen LogP contribution in [0.5, 0.6) is 0 Å².